The lowest BCUT2D eigenvalue weighted by Crippen LogP contribution is -2.50. The van der Waals surface area contributed by atoms with Gasteiger partial charge in [0, 0.05) is 16.6 Å². The zero-order chi connectivity index (χ0) is 16.3. The Kier molecular flexibility index (Phi) is 6.09. The van der Waals surface area contributed by atoms with Gasteiger partial charge in [-0.15, -0.1) is 0 Å². The Bertz CT molecular complexity index is 539. The number of nitrogens with one attached hydrogen (secondary N) is 1. The number of halogens is 2. The smallest absolute Gasteiger partial charge is 0.237 e. The number of hydrogen-bond acceptors (Lipinski definition) is 3. The van der Waals surface area contributed by atoms with Crippen molar-refractivity contribution in [3.8, 4) is 0 Å². The van der Waals surface area contributed by atoms with Crippen LogP contribution in [-0.4, -0.2) is 41.1 Å². The van der Waals surface area contributed by atoms with E-state index in [1.165, 1.54) is 0 Å². The summed E-state index contributed by atoms with van der Waals surface area (Å²) in [5.41, 5.74) is 0.838. The molecule has 22 heavy (non-hydrogen) atoms. The molecule has 1 aliphatic heterocycles. The van der Waals surface area contributed by atoms with Gasteiger partial charge in [-0.1, -0.05) is 29.3 Å². The second kappa shape index (κ2) is 7.64. The second-order valence-electron chi connectivity index (χ2n) is 5.86. The van der Waals surface area contributed by atoms with Crippen LogP contribution in [0.5, 0.6) is 0 Å². The van der Waals surface area contributed by atoms with Crippen LogP contribution in [0, 0.1) is 0 Å². The van der Waals surface area contributed by atoms with Gasteiger partial charge in [-0.25, -0.2) is 0 Å². The number of aliphatic hydroxyl groups excluding tert-OH is 1. The standard InChI is InChI=1S/C16H22Cl2N2O2/c1-10(14-6-5-12(17)8-15(14)18)19-16(22)11(2)20-7-3-4-13(21)9-20/h5-6,8,10-11,13,21H,3-4,7,9H2,1-2H3,(H,19,22). The maximum Gasteiger partial charge on any atom is 0.237 e. The molecule has 0 spiro atoms. The number of benzene rings is 1. The van der Waals surface area contributed by atoms with Crippen LogP contribution in [0.4, 0.5) is 0 Å². The molecule has 1 aromatic carbocycles. The van der Waals surface area contributed by atoms with Gasteiger partial charge in [0.25, 0.3) is 0 Å². The SMILES string of the molecule is CC(NC(=O)C(C)N1CCCC(O)C1)c1ccc(Cl)cc1Cl. The topological polar surface area (TPSA) is 52.6 Å². The van der Waals surface area contributed by atoms with Gasteiger partial charge in [-0.05, 0) is 50.9 Å². The van der Waals surface area contributed by atoms with Crippen molar-refractivity contribution >= 4 is 29.1 Å². The van der Waals surface area contributed by atoms with Crippen LogP contribution in [0.2, 0.25) is 10.0 Å². The summed E-state index contributed by atoms with van der Waals surface area (Å²) in [6.45, 7) is 5.14. The minimum absolute atomic E-state index is 0.0624. The minimum Gasteiger partial charge on any atom is -0.392 e. The summed E-state index contributed by atoms with van der Waals surface area (Å²) in [5, 5.41) is 13.8. The maximum atomic E-state index is 12.4. The molecule has 0 aromatic heterocycles. The van der Waals surface area contributed by atoms with Crippen molar-refractivity contribution in [2.45, 2.75) is 44.9 Å². The second-order valence-corrected chi connectivity index (χ2v) is 6.71. The maximum absolute atomic E-state index is 12.4. The molecule has 4 nitrogen and oxygen atoms in total. The van der Waals surface area contributed by atoms with Gasteiger partial charge in [-0.3, -0.25) is 9.69 Å². The molecule has 3 unspecified atom stereocenters. The molecular formula is C16H22Cl2N2O2. The third kappa shape index (κ3) is 4.35. The highest BCUT2D eigenvalue weighted by Gasteiger charge is 2.27. The highest BCUT2D eigenvalue weighted by molar-refractivity contribution is 6.35. The highest BCUT2D eigenvalue weighted by Crippen LogP contribution is 2.26. The lowest BCUT2D eigenvalue weighted by atomic mass is 10.1. The third-order valence-electron chi connectivity index (χ3n) is 4.14. The van der Waals surface area contributed by atoms with Crippen LogP contribution in [0.1, 0.15) is 38.3 Å². The fourth-order valence-electron chi connectivity index (χ4n) is 2.77. The lowest BCUT2D eigenvalue weighted by Gasteiger charge is -2.34. The number of amides is 1. The zero-order valence-electron chi connectivity index (χ0n) is 12.9. The summed E-state index contributed by atoms with van der Waals surface area (Å²) >= 11 is 12.1. The first-order valence-electron chi connectivity index (χ1n) is 7.56. The Balaban J connectivity index is 1.98. The number of carbonyl (C=O) groups excluding carboxylic acids is 1. The Morgan fingerprint density at radius 2 is 2.14 bits per heavy atom. The van der Waals surface area contributed by atoms with E-state index in [0.29, 0.717) is 16.6 Å². The average molecular weight is 345 g/mol. The molecule has 1 aromatic rings. The van der Waals surface area contributed by atoms with E-state index in [9.17, 15) is 9.90 Å². The van der Waals surface area contributed by atoms with Crippen LogP contribution in [0.15, 0.2) is 18.2 Å². The average Bonchev–Trinajstić information content (AvgIpc) is 2.46. The van der Waals surface area contributed by atoms with E-state index >= 15 is 0 Å². The van der Waals surface area contributed by atoms with E-state index in [1.807, 2.05) is 24.8 Å². The minimum atomic E-state index is -0.341. The van der Waals surface area contributed by atoms with Crippen molar-refractivity contribution in [1.82, 2.24) is 10.2 Å². The first-order chi connectivity index (χ1) is 10.4. The summed E-state index contributed by atoms with van der Waals surface area (Å²) < 4.78 is 0. The van der Waals surface area contributed by atoms with Crippen LogP contribution in [0.3, 0.4) is 0 Å². The first kappa shape index (κ1) is 17.5. The van der Waals surface area contributed by atoms with Gasteiger partial charge in [0.15, 0.2) is 0 Å². The van der Waals surface area contributed by atoms with Gasteiger partial charge >= 0.3 is 0 Å². The zero-order valence-corrected chi connectivity index (χ0v) is 14.4. The molecule has 122 valence electrons. The van der Waals surface area contributed by atoms with Gasteiger partial charge in [0.2, 0.25) is 5.91 Å². The molecule has 0 radical (unpaired) electrons. The van der Waals surface area contributed by atoms with Crippen LogP contribution in [-0.2, 0) is 4.79 Å². The normalized spacial score (nSPS) is 22.1. The van der Waals surface area contributed by atoms with Crippen LogP contribution >= 0.6 is 23.2 Å². The summed E-state index contributed by atoms with van der Waals surface area (Å²) in [5.74, 6) is -0.0624. The fraction of sp³-hybridized carbons (Fsp3) is 0.562. The van der Waals surface area contributed by atoms with Crippen LogP contribution in [0.25, 0.3) is 0 Å². The van der Waals surface area contributed by atoms with E-state index in [-0.39, 0.29) is 24.1 Å². The molecule has 6 heteroatoms. The van der Waals surface area contributed by atoms with Crippen molar-refractivity contribution in [2.24, 2.45) is 0 Å². The van der Waals surface area contributed by atoms with E-state index in [1.54, 1.807) is 12.1 Å². The molecule has 1 amide bonds. The van der Waals surface area contributed by atoms with Crippen LogP contribution < -0.4 is 5.32 Å². The quantitative estimate of drug-likeness (QED) is 0.882. The van der Waals surface area contributed by atoms with Gasteiger partial charge < -0.3 is 10.4 Å². The fourth-order valence-corrected chi connectivity index (χ4v) is 3.34. The highest BCUT2D eigenvalue weighted by atomic mass is 35.5. The van der Waals surface area contributed by atoms with E-state index < -0.39 is 0 Å². The largest absolute Gasteiger partial charge is 0.392 e. The molecule has 1 aliphatic rings. The molecule has 1 fully saturated rings. The Morgan fingerprint density at radius 3 is 2.77 bits per heavy atom. The molecule has 2 rings (SSSR count). The van der Waals surface area contributed by atoms with Crippen molar-refractivity contribution < 1.29 is 9.90 Å². The van der Waals surface area contributed by atoms with E-state index in [2.05, 4.69) is 5.32 Å². The first-order valence-corrected chi connectivity index (χ1v) is 8.31. The van der Waals surface area contributed by atoms with Gasteiger partial charge in [0.1, 0.15) is 0 Å². The van der Waals surface area contributed by atoms with Crippen molar-refractivity contribution in [1.29, 1.82) is 0 Å². The van der Waals surface area contributed by atoms with Crippen molar-refractivity contribution in [2.75, 3.05) is 13.1 Å². The van der Waals surface area contributed by atoms with Gasteiger partial charge in [0.05, 0.1) is 18.2 Å². The summed E-state index contributed by atoms with van der Waals surface area (Å²) in [4.78, 5) is 14.4. The molecule has 0 saturated carbocycles. The Morgan fingerprint density at radius 1 is 1.41 bits per heavy atom. The lowest BCUT2D eigenvalue weighted by molar-refractivity contribution is -0.127. The molecule has 1 saturated heterocycles. The van der Waals surface area contributed by atoms with E-state index in [0.717, 1.165) is 24.9 Å². The number of β-amino-alcohol motifs (C(OH)–C–C–N with tert-alkyl or cyclic N) is 1. The number of nitrogens with zero attached hydrogens (tertiary/aromatic N) is 1. The number of piperidine rings is 1. The predicted molar refractivity (Wildman–Crippen MR) is 89.3 cm³/mol. The molecule has 0 bridgehead atoms. The monoisotopic (exact) mass is 344 g/mol. The van der Waals surface area contributed by atoms with E-state index in [4.69, 9.17) is 23.2 Å². The Labute approximate surface area is 141 Å². The van der Waals surface area contributed by atoms with Crippen molar-refractivity contribution in [3.05, 3.63) is 33.8 Å². The third-order valence-corrected chi connectivity index (χ3v) is 4.71. The Hall–Kier alpha value is -0.810. The van der Waals surface area contributed by atoms with Gasteiger partial charge in [-0.2, -0.15) is 0 Å². The molecule has 0 aliphatic carbocycles. The summed E-state index contributed by atoms with van der Waals surface area (Å²) in [6, 6.07) is 4.78. The summed E-state index contributed by atoms with van der Waals surface area (Å²) in [7, 11) is 0. The number of aliphatic hydroxyl groups is 1. The summed E-state index contributed by atoms with van der Waals surface area (Å²) in [6.07, 6.45) is 1.38. The molecule has 1 heterocycles. The number of carbonyl (C=O) groups is 1. The molecule has 3 atom stereocenters. The number of hydrogen-bond donors (Lipinski definition) is 2. The number of rotatable bonds is 4. The molecular weight excluding hydrogens is 323 g/mol. The molecule has 2 N–H and O–H groups in total. The predicted octanol–water partition coefficient (Wildman–Crippen LogP) is 3.02. The van der Waals surface area contributed by atoms with Crippen molar-refractivity contribution in [3.63, 3.8) is 0 Å². The number of likely N-dealkylation sites (tertiary alicyclic amines) is 1.